The summed E-state index contributed by atoms with van der Waals surface area (Å²) in [7, 11) is 0. The van der Waals surface area contributed by atoms with Crippen LogP contribution in [0.5, 0.6) is 5.75 Å². The van der Waals surface area contributed by atoms with Crippen LogP contribution in [-0.2, 0) is 0 Å². The zero-order chi connectivity index (χ0) is 11.3. The number of ether oxygens (including phenoxy) is 1. The minimum absolute atomic E-state index is 0.267. The highest BCUT2D eigenvalue weighted by molar-refractivity contribution is 6.17. The van der Waals surface area contributed by atoms with Gasteiger partial charge in [-0.2, -0.15) is 4.39 Å². The highest BCUT2D eigenvalue weighted by atomic mass is 35.5. The van der Waals surface area contributed by atoms with Crippen molar-refractivity contribution in [2.75, 3.05) is 12.5 Å². The van der Waals surface area contributed by atoms with E-state index in [4.69, 9.17) is 16.3 Å². The summed E-state index contributed by atoms with van der Waals surface area (Å²) in [4.78, 5) is 9.52. The van der Waals surface area contributed by atoms with E-state index in [1.54, 1.807) is 0 Å². The second-order valence-electron chi connectivity index (χ2n) is 2.76. The molecule has 0 aromatic heterocycles. The van der Waals surface area contributed by atoms with E-state index < -0.39 is 16.4 Å². The van der Waals surface area contributed by atoms with Crippen molar-refractivity contribution in [1.82, 2.24) is 0 Å². The molecule has 0 saturated carbocycles. The molecule has 0 aliphatic heterocycles. The number of alkyl halides is 1. The van der Waals surface area contributed by atoms with Crippen molar-refractivity contribution in [3.8, 4) is 5.75 Å². The minimum atomic E-state index is -0.900. The van der Waals surface area contributed by atoms with Crippen LogP contribution in [0.2, 0.25) is 0 Å². The molecule has 15 heavy (non-hydrogen) atoms. The summed E-state index contributed by atoms with van der Waals surface area (Å²) in [5.41, 5.74) is -0.556. The maximum atomic E-state index is 13.1. The van der Waals surface area contributed by atoms with E-state index in [-0.39, 0.29) is 5.75 Å². The highest BCUT2D eigenvalue weighted by Crippen LogP contribution is 2.22. The van der Waals surface area contributed by atoms with E-state index in [0.717, 1.165) is 12.1 Å². The van der Waals surface area contributed by atoms with Gasteiger partial charge >= 0.3 is 5.69 Å². The molecule has 0 saturated heterocycles. The SMILES string of the molecule is O=[N+]([O-])c1ccc(OCCCCl)cc1F. The van der Waals surface area contributed by atoms with Gasteiger partial charge in [0.15, 0.2) is 0 Å². The average molecular weight is 234 g/mol. The average Bonchev–Trinajstić information content (AvgIpc) is 2.17. The van der Waals surface area contributed by atoms with Crippen LogP contribution in [-0.4, -0.2) is 17.4 Å². The van der Waals surface area contributed by atoms with Crippen molar-refractivity contribution < 1.29 is 14.1 Å². The molecule has 0 aliphatic rings. The van der Waals surface area contributed by atoms with Gasteiger partial charge in [-0.3, -0.25) is 10.1 Å². The molecule has 1 aromatic rings. The summed E-state index contributed by atoms with van der Waals surface area (Å²) in [6.45, 7) is 0.362. The molecule has 6 heteroatoms. The lowest BCUT2D eigenvalue weighted by molar-refractivity contribution is -0.387. The predicted molar refractivity (Wildman–Crippen MR) is 53.9 cm³/mol. The third-order valence-electron chi connectivity index (χ3n) is 1.66. The van der Waals surface area contributed by atoms with Crippen LogP contribution in [0.15, 0.2) is 18.2 Å². The normalized spacial score (nSPS) is 10.0. The topological polar surface area (TPSA) is 52.4 Å². The van der Waals surface area contributed by atoms with Gasteiger partial charge in [0.25, 0.3) is 0 Å². The molecule has 0 unspecified atom stereocenters. The van der Waals surface area contributed by atoms with Crippen molar-refractivity contribution in [2.45, 2.75) is 6.42 Å². The molecule has 0 aliphatic carbocycles. The Labute approximate surface area is 90.8 Å². The first-order valence-corrected chi connectivity index (χ1v) is 4.81. The smallest absolute Gasteiger partial charge is 0.305 e. The maximum absolute atomic E-state index is 13.1. The Morgan fingerprint density at radius 1 is 1.53 bits per heavy atom. The number of hydrogen-bond acceptors (Lipinski definition) is 3. The van der Waals surface area contributed by atoms with Crippen molar-refractivity contribution in [2.24, 2.45) is 0 Å². The Balaban J connectivity index is 2.69. The van der Waals surface area contributed by atoms with Crippen LogP contribution in [0.25, 0.3) is 0 Å². The van der Waals surface area contributed by atoms with Gasteiger partial charge in [0.2, 0.25) is 5.82 Å². The molecule has 0 N–H and O–H groups in total. The van der Waals surface area contributed by atoms with Gasteiger partial charge < -0.3 is 4.74 Å². The molecule has 0 spiro atoms. The first kappa shape index (κ1) is 11.7. The van der Waals surface area contributed by atoms with Crippen LogP contribution >= 0.6 is 11.6 Å². The molecular weight excluding hydrogens is 225 g/mol. The van der Waals surface area contributed by atoms with Gasteiger partial charge in [-0.1, -0.05) is 0 Å². The summed E-state index contributed by atoms with van der Waals surface area (Å²) >= 11 is 5.42. The van der Waals surface area contributed by atoms with Crippen molar-refractivity contribution >= 4 is 17.3 Å². The largest absolute Gasteiger partial charge is 0.493 e. The quantitative estimate of drug-likeness (QED) is 0.340. The van der Waals surface area contributed by atoms with E-state index in [1.807, 2.05) is 0 Å². The van der Waals surface area contributed by atoms with Crippen molar-refractivity contribution in [3.63, 3.8) is 0 Å². The van der Waals surface area contributed by atoms with Gasteiger partial charge in [-0.05, 0) is 12.5 Å². The van der Waals surface area contributed by atoms with E-state index in [9.17, 15) is 14.5 Å². The molecule has 0 atom stereocenters. The maximum Gasteiger partial charge on any atom is 0.305 e. The summed E-state index contributed by atoms with van der Waals surface area (Å²) < 4.78 is 18.2. The number of hydrogen-bond donors (Lipinski definition) is 0. The number of rotatable bonds is 5. The molecule has 1 rings (SSSR count). The first-order valence-electron chi connectivity index (χ1n) is 4.28. The molecule has 0 bridgehead atoms. The predicted octanol–water partition coefficient (Wildman–Crippen LogP) is 2.74. The Morgan fingerprint density at radius 2 is 2.27 bits per heavy atom. The lowest BCUT2D eigenvalue weighted by Crippen LogP contribution is -1.99. The molecule has 0 fully saturated rings. The number of halogens is 2. The first-order chi connectivity index (χ1) is 7.15. The Kier molecular flexibility index (Phi) is 4.30. The lowest BCUT2D eigenvalue weighted by Gasteiger charge is -2.04. The number of nitro benzene ring substituents is 1. The van der Waals surface area contributed by atoms with Gasteiger partial charge in [0, 0.05) is 18.0 Å². The fraction of sp³-hybridized carbons (Fsp3) is 0.333. The van der Waals surface area contributed by atoms with Crippen LogP contribution in [0.1, 0.15) is 6.42 Å². The summed E-state index contributed by atoms with van der Waals surface area (Å²) in [6, 6.07) is 3.42. The fourth-order valence-electron chi connectivity index (χ4n) is 0.970. The monoisotopic (exact) mass is 233 g/mol. The standard InChI is InChI=1S/C9H9ClFNO3/c10-4-1-5-15-7-2-3-9(12(13)14)8(11)6-7/h2-3,6H,1,4-5H2. The minimum Gasteiger partial charge on any atom is -0.493 e. The van der Waals surface area contributed by atoms with Crippen LogP contribution in [0, 0.1) is 15.9 Å². The molecule has 0 heterocycles. The molecule has 0 amide bonds. The third-order valence-corrected chi connectivity index (χ3v) is 1.93. The zero-order valence-corrected chi connectivity index (χ0v) is 8.54. The van der Waals surface area contributed by atoms with Gasteiger partial charge in [0.05, 0.1) is 11.5 Å². The summed E-state index contributed by atoms with van der Waals surface area (Å²) in [5, 5.41) is 10.3. The van der Waals surface area contributed by atoms with Crippen molar-refractivity contribution in [3.05, 3.63) is 34.1 Å². The Morgan fingerprint density at radius 3 is 2.80 bits per heavy atom. The fourth-order valence-corrected chi connectivity index (χ4v) is 1.08. The molecule has 1 aromatic carbocycles. The number of benzene rings is 1. The highest BCUT2D eigenvalue weighted by Gasteiger charge is 2.13. The summed E-state index contributed by atoms with van der Waals surface area (Å²) in [6.07, 6.45) is 0.639. The molecular formula is C9H9ClFNO3. The van der Waals surface area contributed by atoms with Gasteiger partial charge in [-0.15, -0.1) is 11.6 Å². The third kappa shape index (κ3) is 3.36. The van der Waals surface area contributed by atoms with E-state index >= 15 is 0 Å². The van der Waals surface area contributed by atoms with Gasteiger partial charge in [-0.25, -0.2) is 0 Å². The van der Waals surface area contributed by atoms with E-state index in [2.05, 4.69) is 0 Å². The molecule has 0 radical (unpaired) electrons. The molecule has 82 valence electrons. The number of nitro groups is 1. The van der Waals surface area contributed by atoms with E-state index in [0.29, 0.717) is 18.9 Å². The molecule has 4 nitrogen and oxygen atoms in total. The van der Waals surface area contributed by atoms with Crippen LogP contribution < -0.4 is 4.74 Å². The Hall–Kier alpha value is -1.36. The van der Waals surface area contributed by atoms with Gasteiger partial charge in [0.1, 0.15) is 5.75 Å². The van der Waals surface area contributed by atoms with Crippen LogP contribution in [0.4, 0.5) is 10.1 Å². The van der Waals surface area contributed by atoms with E-state index in [1.165, 1.54) is 6.07 Å². The second kappa shape index (κ2) is 5.50. The second-order valence-corrected chi connectivity index (χ2v) is 3.14. The zero-order valence-electron chi connectivity index (χ0n) is 7.78. The number of nitrogens with zero attached hydrogens (tertiary/aromatic N) is 1. The Bertz CT molecular complexity index is 359. The van der Waals surface area contributed by atoms with Crippen molar-refractivity contribution in [1.29, 1.82) is 0 Å². The summed E-state index contributed by atoms with van der Waals surface area (Å²) in [5.74, 6) is -0.179. The van der Waals surface area contributed by atoms with Crippen LogP contribution in [0.3, 0.4) is 0 Å². The lowest BCUT2D eigenvalue weighted by atomic mass is 10.3.